The van der Waals surface area contributed by atoms with Crippen LogP contribution in [0.2, 0.25) is 0 Å². The first kappa shape index (κ1) is 15.4. The molecule has 1 aliphatic carbocycles. The molecule has 0 heterocycles. The molecule has 1 aliphatic rings. The van der Waals surface area contributed by atoms with Crippen molar-refractivity contribution < 1.29 is 9.90 Å². The summed E-state index contributed by atoms with van der Waals surface area (Å²) in [6.45, 7) is 2.10. The lowest BCUT2D eigenvalue weighted by Gasteiger charge is -2.36. The lowest BCUT2D eigenvalue weighted by Crippen LogP contribution is -2.53. The van der Waals surface area contributed by atoms with Crippen LogP contribution < -0.4 is 5.32 Å². The van der Waals surface area contributed by atoms with Gasteiger partial charge in [0.1, 0.15) is 0 Å². The maximum atomic E-state index is 12.1. The highest BCUT2D eigenvalue weighted by molar-refractivity contribution is 8.00. The molecule has 110 valence electrons. The van der Waals surface area contributed by atoms with Crippen LogP contribution in [0.5, 0.6) is 0 Å². The van der Waals surface area contributed by atoms with E-state index in [-0.39, 0.29) is 18.1 Å². The molecule has 3 nitrogen and oxygen atoms in total. The summed E-state index contributed by atoms with van der Waals surface area (Å²) < 4.78 is 0. The van der Waals surface area contributed by atoms with E-state index in [0.717, 1.165) is 30.6 Å². The Labute approximate surface area is 125 Å². The minimum absolute atomic E-state index is 0.0199. The van der Waals surface area contributed by atoms with E-state index in [9.17, 15) is 9.90 Å². The van der Waals surface area contributed by atoms with Crippen LogP contribution in [-0.4, -0.2) is 28.9 Å². The first-order chi connectivity index (χ1) is 9.63. The number of hydrogen-bond acceptors (Lipinski definition) is 3. The van der Waals surface area contributed by atoms with Crippen molar-refractivity contribution in [2.75, 3.05) is 12.4 Å². The van der Waals surface area contributed by atoms with Crippen molar-refractivity contribution in [1.82, 2.24) is 5.32 Å². The quantitative estimate of drug-likeness (QED) is 0.821. The maximum Gasteiger partial charge on any atom is 0.230 e. The van der Waals surface area contributed by atoms with Crippen LogP contribution in [0.4, 0.5) is 0 Å². The summed E-state index contributed by atoms with van der Waals surface area (Å²) in [6, 6.07) is 8.18. The topological polar surface area (TPSA) is 49.3 Å². The molecule has 0 spiro atoms. The zero-order chi connectivity index (χ0) is 14.4. The highest BCUT2D eigenvalue weighted by Crippen LogP contribution is 2.28. The molecule has 1 fully saturated rings. The molecule has 1 aromatic rings. The molecule has 2 rings (SSSR count). The van der Waals surface area contributed by atoms with Crippen molar-refractivity contribution >= 4 is 17.7 Å². The Kier molecular flexibility index (Phi) is 5.49. The van der Waals surface area contributed by atoms with E-state index in [0.29, 0.717) is 5.75 Å². The zero-order valence-electron chi connectivity index (χ0n) is 12.0. The van der Waals surface area contributed by atoms with Gasteiger partial charge >= 0.3 is 0 Å². The van der Waals surface area contributed by atoms with Crippen molar-refractivity contribution in [2.45, 2.75) is 49.5 Å². The average Bonchev–Trinajstić information content (AvgIpc) is 2.47. The SMILES string of the molecule is Cc1ccc(SCC(=O)NC2(CO)CCCCC2)cc1. The third kappa shape index (κ3) is 4.25. The smallest absolute Gasteiger partial charge is 0.230 e. The fourth-order valence-corrected chi connectivity index (χ4v) is 3.36. The summed E-state index contributed by atoms with van der Waals surface area (Å²) in [5.41, 5.74) is 0.851. The fraction of sp³-hybridized carbons (Fsp3) is 0.562. The van der Waals surface area contributed by atoms with Crippen LogP contribution in [0.25, 0.3) is 0 Å². The summed E-state index contributed by atoms with van der Waals surface area (Å²) >= 11 is 1.54. The molecular weight excluding hydrogens is 270 g/mol. The molecule has 0 aromatic heterocycles. The van der Waals surface area contributed by atoms with E-state index in [1.54, 1.807) is 11.8 Å². The summed E-state index contributed by atoms with van der Waals surface area (Å²) in [6.07, 6.45) is 5.17. The third-order valence-corrected chi connectivity index (χ3v) is 4.92. The normalized spacial score (nSPS) is 17.7. The summed E-state index contributed by atoms with van der Waals surface area (Å²) in [5, 5.41) is 12.6. The largest absolute Gasteiger partial charge is 0.394 e. The number of amides is 1. The Bertz CT molecular complexity index is 438. The number of aliphatic hydroxyl groups is 1. The second kappa shape index (κ2) is 7.14. The van der Waals surface area contributed by atoms with Crippen molar-refractivity contribution in [2.24, 2.45) is 0 Å². The Balaban J connectivity index is 1.83. The molecule has 0 saturated heterocycles. The van der Waals surface area contributed by atoms with Gasteiger partial charge < -0.3 is 10.4 Å². The van der Waals surface area contributed by atoms with Crippen molar-refractivity contribution in [3.8, 4) is 0 Å². The highest BCUT2D eigenvalue weighted by atomic mass is 32.2. The van der Waals surface area contributed by atoms with E-state index in [4.69, 9.17) is 0 Å². The molecule has 1 aromatic carbocycles. The third-order valence-electron chi connectivity index (χ3n) is 3.91. The Morgan fingerprint density at radius 1 is 1.25 bits per heavy atom. The maximum absolute atomic E-state index is 12.1. The summed E-state index contributed by atoms with van der Waals surface area (Å²) in [5.74, 6) is 0.427. The predicted octanol–water partition coefficient (Wildman–Crippen LogP) is 2.90. The monoisotopic (exact) mass is 293 g/mol. The molecule has 2 N–H and O–H groups in total. The van der Waals surface area contributed by atoms with Gasteiger partial charge in [0.15, 0.2) is 0 Å². The number of benzene rings is 1. The first-order valence-electron chi connectivity index (χ1n) is 7.25. The van der Waals surface area contributed by atoms with E-state index < -0.39 is 0 Å². The zero-order valence-corrected chi connectivity index (χ0v) is 12.8. The van der Waals surface area contributed by atoms with Crippen molar-refractivity contribution in [3.05, 3.63) is 29.8 Å². The number of carbonyl (C=O) groups excluding carboxylic acids is 1. The van der Waals surface area contributed by atoms with E-state index >= 15 is 0 Å². The lowest BCUT2D eigenvalue weighted by molar-refractivity contribution is -0.121. The van der Waals surface area contributed by atoms with Gasteiger partial charge in [0, 0.05) is 4.90 Å². The minimum Gasteiger partial charge on any atom is -0.394 e. The molecule has 0 atom stereocenters. The van der Waals surface area contributed by atoms with E-state index in [1.165, 1.54) is 12.0 Å². The predicted molar refractivity (Wildman–Crippen MR) is 82.9 cm³/mol. The second-order valence-corrected chi connectivity index (χ2v) is 6.70. The van der Waals surface area contributed by atoms with Gasteiger partial charge in [0.2, 0.25) is 5.91 Å². The molecule has 1 saturated carbocycles. The Morgan fingerprint density at radius 2 is 1.90 bits per heavy atom. The number of aliphatic hydroxyl groups excluding tert-OH is 1. The molecule has 0 bridgehead atoms. The van der Waals surface area contributed by atoms with Gasteiger partial charge in [-0.25, -0.2) is 0 Å². The number of carbonyl (C=O) groups is 1. The molecule has 1 amide bonds. The van der Waals surface area contributed by atoms with Crippen LogP contribution >= 0.6 is 11.8 Å². The van der Waals surface area contributed by atoms with Gasteiger partial charge in [-0.2, -0.15) is 0 Å². The number of hydrogen-bond donors (Lipinski definition) is 2. The Hall–Kier alpha value is -1.00. The summed E-state index contributed by atoms with van der Waals surface area (Å²) in [4.78, 5) is 13.2. The van der Waals surface area contributed by atoms with Gasteiger partial charge in [-0.3, -0.25) is 4.79 Å². The highest BCUT2D eigenvalue weighted by Gasteiger charge is 2.32. The lowest BCUT2D eigenvalue weighted by atomic mass is 9.82. The number of aryl methyl sites for hydroxylation is 1. The van der Waals surface area contributed by atoms with Gasteiger partial charge in [0.05, 0.1) is 17.9 Å². The Morgan fingerprint density at radius 3 is 2.50 bits per heavy atom. The number of rotatable bonds is 5. The molecule has 0 aliphatic heterocycles. The van der Waals surface area contributed by atoms with Gasteiger partial charge in [-0.05, 0) is 31.9 Å². The first-order valence-corrected chi connectivity index (χ1v) is 8.23. The van der Waals surface area contributed by atoms with Crippen LogP contribution in [0.1, 0.15) is 37.7 Å². The van der Waals surface area contributed by atoms with E-state index in [2.05, 4.69) is 24.4 Å². The van der Waals surface area contributed by atoms with Crippen molar-refractivity contribution in [3.63, 3.8) is 0 Å². The van der Waals surface area contributed by atoms with Crippen LogP contribution in [0.3, 0.4) is 0 Å². The van der Waals surface area contributed by atoms with Gasteiger partial charge in [0.25, 0.3) is 0 Å². The average molecular weight is 293 g/mol. The molecule has 0 unspecified atom stereocenters. The van der Waals surface area contributed by atoms with Crippen molar-refractivity contribution in [1.29, 1.82) is 0 Å². The van der Waals surface area contributed by atoms with Gasteiger partial charge in [-0.1, -0.05) is 37.0 Å². The standard InChI is InChI=1S/C16H23NO2S/c1-13-5-7-14(8-6-13)20-11-15(19)17-16(12-18)9-3-2-4-10-16/h5-8,18H,2-4,9-12H2,1H3,(H,17,19). The molecule has 20 heavy (non-hydrogen) atoms. The molecule has 4 heteroatoms. The minimum atomic E-state index is -0.372. The van der Waals surface area contributed by atoms with Crippen LogP contribution in [0, 0.1) is 6.92 Å². The number of nitrogens with one attached hydrogen (secondary N) is 1. The van der Waals surface area contributed by atoms with Crippen LogP contribution in [0.15, 0.2) is 29.2 Å². The van der Waals surface area contributed by atoms with E-state index in [1.807, 2.05) is 12.1 Å². The summed E-state index contributed by atoms with van der Waals surface area (Å²) in [7, 11) is 0. The second-order valence-electron chi connectivity index (χ2n) is 5.65. The molecule has 0 radical (unpaired) electrons. The number of thioether (sulfide) groups is 1. The molecular formula is C16H23NO2S. The van der Waals surface area contributed by atoms with Gasteiger partial charge in [-0.15, -0.1) is 11.8 Å². The fourth-order valence-electron chi connectivity index (χ4n) is 2.67. The van der Waals surface area contributed by atoms with Crippen LogP contribution in [-0.2, 0) is 4.79 Å².